The van der Waals surface area contributed by atoms with Gasteiger partial charge in [-0.2, -0.15) is 0 Å². The molecule has 27 heavy (non-hydrogen) atoms. The summed E-state index contributed by atoms with van der Waals surface area (Å²) in [6, 6.07) is 5.86. The third-order valence-electron chi connectivity index (χ3n) is 4.66. The summed E-state index contributed by atoms with van der Waals surface area (Å²) in [5, 5.41) is 2.99. The van der Waals surface area contributed by atoms with E-state index in [1.165, 1.54) is 5.56 Å². The molecule has 1 aliphatic rings. The lowest BCUT2D eigenvalue weighted by Gasteiger charge is -2.25. The Morgan fingerprint density at radius 1 is 1.07 bits per heavy atom. The van der Waals surface area contributed by atoms with Crippen LogP contribution in [0.25, 0.3) is 0 Å². The molecule has 2 amide bonds. The van der Waals surface area contributed by atoms with Gasteiger partial charge in [-0.1, -0.05) is 6.07 Å². The highest BCUT2D eigenvalue weighted by Gasteiger charge is 2.22. The van der Waals surface area contributed by atoms with Crippen molar-refractivity contribution in [3.8, 4) is 5.75 Å². The van der Waals surface area contributed by atoms with E-state index in [-0.39, 0.29) is 24.0 Å². The lowest BCUT2D eigenvalue weighted by Crippen LogP contribution is -2.46. The fourth-order valence-corrected chi connectivity index (χ4v) is 3.08. The monoisotopic (exact) mass is 375 g/mol. The third-order valence-corrected chi connectivity index (χ3v) is 4.66. The standard InChI is InChI=1S/C21H33N3O3/c1-16-7-8-18(13-17(16)2)27-15-20(26)24-10-6-9-23(11-12-24)14-19(25)22-21(3,4)5/h7-8,13H,6,9-12,14-15H2,1-5H3,(H,22,25). The van der Waals surface area contributed by atoms with Crippen molar-refractivity contribution in [2.45, 2.75) is 46.6 Å². The molecule has 0 aliphatic carbocycles. The van der Waals surface area contributed by atoms with Crippen LogP contribution in [-0.2, 0) is 9.59 Å². The van der Waals surface area contributed by atoms with Gasteiger partial charge in [0.2, 0.25) is 5.91 Å². The lowest BCUT2D eigenvalue weighted by atomic mass is 10.1. The maximum atomic E-state index is 12.5. The molecule has 1 aliphatic heterocycles. The van der Waals surface area contributed by atoms with Crippen LogP contribution in [0.5, 0.6) is 5.75 Å². The Kier molecular flexibility index (Phi) is 7.25. The Labute approximate surface area is 162 Å². The summed E-state index contributed by atoms with van der Waals surface area (Å²) in [6.45, 7) is 13.3. The number of amides is 2. The minimum Gasteiger partial charge on any atom is -0.484 e. The quantitative estimate of drug-likeness (QED) is 0.856. The van der Waals surface area contributed by atoms with Crippen LogP contribution < -0.4 is 10.1 Å². The fourth-order valence-electron chi connectivity index (χ4n) is 3.08. The SMILES string of the molecule is Cc1ccc(OCC(=O)N2CCCN(CC(=O)NC(C)(C)C)CC2)cc1C. The van der Waals surface area contributed by atoms with Crippen molar-refractivity contribution >= 4 is 11.8 Å². The minimum atomic E-state index is -0.226. The van der Waals surface area contributed by atoms with E-state index in [4.69, 9.17) is 4.74 Å². The molecular weight excluding hydrogens is 342 g/mol. The average Bonchev–Trinajstić information content (AvgIpc) is 2.79. The fraction of sp³-hybridized carbons (Fsp3) is 0.619. The Balaban J connectivity index is 1.79. The Hall–Kier alpha value is -2.08. The molecule has 2 rings (SSSR count). The highest BCUT2D eigenvalue weighted by molar-refractivity contribution is 5.79. The molecule has 0 aromatic heterocycles. The minimum absolute atomic E-state index is 0.00535. The molecule has 1 aromatic carbocycles. The van der Waals surface area contributed by atoms with Crippen LogP contribution in [0.3, 0.4) is 0 Å². The summed E-state index contributed by atoms with van der Waals surface area (Å²) in [7, 11) is 0. The molecule has 1 heterocycles. The van der Waals surface area contributed by atoms with Gasteiger partial charge in [-0.3, -0.25) is 14.5 Å². The number of carbonyl (C=O) groups is 2. The number of hydrogen-bond donors (Lipinski definition) is 1. The summed E-state index contributed by atoms with van der Waals surface area (Å²) in [6.07, 6.45) is 0.859. The molecule has 1 saturated heterocycles. The van der Waals surface area contributed by atoms with Crippen LogP contribution >= 0.6 is 0 Å². The van der Waals surface area contributed by atoms with E-state index >= 15 is 0 Å². The highest BCUT2D eigenvalue weighted by atomic mass is 16.5. The van der Waals surface area contributed by atoms with Crippen LogP contribution in [-0.4, -0.2) is 66.5 Å². The molecule has 0 spiro atoms. The van der Waals surface area contributed by atoms with Gasteiger partial charge in [0, 0.05) is 31.7 Å². The largest absolute Gasteiger partial charge is 0.484 e. The lowest BCUT2D eigenvalue weighted by molar-refractivity contribution is -0.133. The van der Waals surface area contributed by atoms with Crippen molar-refractivity contribution in [2.24, 2.45) is 0 Å². The van der Waals surface area contributed by atoms with Crippen LogP contribution in [0.1, 0.15) is 38.3 Å². The first kappa shape index (κ1) is 21.2. The van der Waals surface area contributed by atoms with Crippen molar-refractivity contribution in [1.29, 1.82) is 0 Å². The number of nitrogens with one attached hydrogen (secondary N) is 1. The number of hydrogen-bond acceptors (Lipinski definition) is 4. The zero-order valence-electron chi connectivity index (χ0n) is 17.3. The topological polar surface area (TPSA) is 61.9 Å². The number of carbonyl (C=O) groups excluding carboxylic acids is 2. The number of rotatable bonds is 5. The first-order chi connectivity index (χ1) is 12.6. The van der Waals surface area contributed by atoms with Crippen molar-refractivity contribution in [3.05, 3.63) is 29.3 Å². The Morgan fingerprint density at radius 3 is 2.48 bits per heavy atom. The number of benzene rings is 1. The van der Waals surface area contributed by atoms with Gasteiger partial charge in [0.25, 0.3) is 5.91 Å². The summed E-state index contributed by atoms with van der Waals surface area (Å²) in [5.41, 5.74) is 2.13. The van der Waals surface area contributed by atoms with Gasteiger partial charge in [-0.15, -0.1) is 0 Å². The first-order valence-corrected chi connectivity index (χ1v) is 9.65. The van der Waals surface area contributed by atoms with Crippen molar-refractivity contribution in [3.63, 3.8) is 0 Å². The summed E-state index contributed by atoms with van der Waals surface area (Å²) >= 11 is 0. The van der Waals surface area contributed by atoms with Gasteiger partial charge < -0.3 is 15.0 Å². The predicted octanol–water partition coefficient (Wildman–Crippen LogP) is 2.13. The Bertz CT molecular complexity index is 667. The van der Waals surface area contributed by atoms with Gasteiger partial charge >= 0.3 is 0 Å². The maximum Gasteiger partial charge on any atom is 0.260 e. The van der Waals surface area contributed by atoms with Gasteiger partial charge in [0.05, 0.1) is 6.54 Å². The second kappa shape index (κ2) is 9.22. The molecule has 0 unspecified atom stereocenters. The number of aryl methyl sites for hydroxylation is 2. The smallest absolute Gasteiger partial charge is 0.260 e. The van der Waals surface area contributed by atoms with Gasteiger partial charge in [0.15, 0.2) is 6.61 Å². The third kappa shape index (κ3) is 7.21. The first-order valence-electron chi connectivity index (χ1n) is 9.65. The predicted molar refractivity (Wildman–Crippen MR) is 107 cm³/mol. The van der Waals surface area contributed by atoms with E-state index in [2.05, 4.69) is 17.1 Å². The van der Waals surface area contributed by atoms with Crippen molar-refractivity contribution in [2.75, 3.05) is 39.3 Å². The van der Waals surface area contributed by atoms with Crippen LogP contribution in [0.15, 0.2) is 18.2 Å². The average molecular weight is 376 g/mol. The molecule has 6 heteroatoms. The second-order valence-corrected chi connectivity index (χ2v) is 8.34. The summed E-state index contributed by atoms with van der Waals surface area (Å²) < 4.78 is 5.67. The molecular formula is C21H33N3O3. The zero-order valence-corrected chi connectivity index (χ0v) is 17.3. The molecule has 150 valence electrons. The molecule has 0 radical (unpaired) electrons. The summed E-state index contributed by atoms with van der Waals surface area (Å²) in [4.78, 5) is 28.6. The highest BCUT2D eigenvalue weighted by Crippen LogP contribution is 2.16. The molecule has 6 nitrogen and oxygen atoms in total. The van der Waals surface area contributed by atoms with Crippen LogP contribution in [0.2, 0.25) is 0 Å². The summed E-state index contributed by atoms with van der Waals surface area (Å²) in [5.74, 6) is 0.747. The van der Waals surface area contributed by atoms with E-state index in [9.17, 15) is 9.59 Å². The van der Waals surface area contributed by atoms with Crippen molar-refractivity contribution < 1.29 is 14.3 Å². The second-order valence-electron chi connectivity index (χ2n) is 8.34. The van der Waals surface area contributed by atoms with E-state index in [0.29, 0.717) is 26.2 Å². The van der Waals surface area contributed by atoms with E-state index in [1.807, 2.05) is 50.8 Å². The van der Waals surface area contributed by atoms with Gasteiger partial charge in [-0.25, -0.2) is 0 Å². The van der Waals surface area contributed by atoms with Gasteiger partial charge in [-0.05, 0) is 64.3 Å². The molecule has 1 aromatic rings. The van der Waals surface area contributed by atoms with E-state index in [1.54, 1.807) is 0 Å². The van der Waals surface area contributed by atoms with E-state index < -0.39 is 0 Å². The van der Waals surface area contributed by atoms with Gasteiger partial charge in [0.1, 0.15) is 5.75 Å². The van der Waals surface area contributed by atoms with Crippen LogP contribution in [0, 0.1) is 13.8 Å². The van der Waals surface area contributed by atoms with E-state index in [0.717, 1.165) is 24.3 Å². The maximum absolute atomic E-state index is 12.5. The number of nitrogens with zero attached hydrogens (tertiary/aromatic N) is 2. The molecule has 0 saturated carbocycles. The molecule has 0 bridgehead atoms. The normalized spacial score (nSPS) is 16.0. The Morgan fingerprint density at radius 2 is 1.81 bits per heavy atom. The molecule has 0 atom stereocenters. The zero-order chi connectivity index (χ0) is 20.0. The molecule has 1 fully saturated rings. The number of ether oxygens (including phenoxy) is 1. The molecule has 1 N–H and O–H groups in total. The van der Waals surface area contributed by atoms with Crippen molar-refractivity contribution in [1.82, 2.24) is 15.1 Å². The van der Waals surface area contributed by atoms with Crippen LogP contribution in [0.4, 0.5) is 0 Å².